The molecule has 1 aliphatic rings. The molecular weight excluding hydrogens is 537 g/mol. The molecule has 1 aromatic carbocycles. The van der Waals surface area contributed by atoms with Crippen molar-refractivity contribution in [2.45, 2.75) is 58.7 Å². The third kappa shape index (κ3) is 5.42. The van der Waals surface area contributed by atoms with E-state index in [0.717, 1.165) is 17.7 Å². The highest BCUT2D eigenvalue weighted by molar-refractivity contribution is 5.97. The Kier molecular flexibility index (Phi) is 6.70. The maximum absolute atomic E-state index is 13.7. The van der Waals surface area contributed by atoms with E-state index in [1.165, 1.54) is 12.1 Å². The number of aromatic amines is 1. The van der Waals surface area contributed by atoms with Crippen LogP contribution in [0.5, 0.6) is 0 Å². The second-order valence-electron chi connectivity index (χ2n) is 11.9. The summed E-state index contributed by atoms with van der Waals surface area (Å²) >= 11 is 0. The Morgan fingerprint density at radius 2 is 1.68 bits per heavy atom. The van der Waals surface area contributed by atoms with Gasteiger partial charge in [0.1, 0.15) is 11.3 Å². The van der Waals surface area contributed by atoms with Crippen molar-refractivity contribution in [2.75, 3.05) is 19.6 Å². The van der Waals surface area contributed by atoms with Crippen molar-refractivity contribution in [3.63, 3.8) is 0 Å². The van der Waals surface area contributed by atoms with Crippen LogP contribution in [0.15, 0.2) is 40.8 Å². The Labute approximate surface area is 234 Å². The Balaban J connectivity index is 1.46. The van der Waals surface area contributed by atoms with Crippen LogP contribution in [0.25, 0.3) is 22.4 Å². The van der Waals surface area contributed by atoms with Gasteiger partial charge in [0.15, 0.2) is 11.3 Å². The van der Waals surface area contributed by atoms with Gasteiger partial charge in [0.05, 0.1) is 16.8 Å². The van der Waals surface area contributed by atoms with E-state index in [0.29, 0.717) is 34.7 Å². The second kappa shape index (κ2) is 9.71. The number of aryl methyl sites for hydroxylation is 1. The lowest BCUT2D eigenvalue weighted by Crippen LogP contribution is -2.62. The van der Waals surface area contributed by atoms with E-state index < -0.39 is 22.7 Å². The molecule has 0 spiro atoms. The molecule has 0 bridgehead atoms. The monoisotopic (exact) mass is 568 g/mol. The van der Waals surface area contributed by atoms with Crippen LogP contribution < -0.4 is 0 Å². The van der Waals surface area contributed by atoms with Crippen molar-refractivity contribution in [3.8, 4) is 11.3 Å². The number of halogens is 3. The first-order valence-electron chi connectivity index (χ1n) is 13.2. The highest BCUT2D eigenvalue weighted by Gasteiger charge is 2.41. The molecule has 1 fully saturated rings. The lowest BCUT2D eigenvalue weighted by molar-refractivity contribution is -0.137. The van der Waals surface area contributed by atoms with Crippen LogP contribution in [0.1, 0.15) is 72.7 Å². The number of furan rings is 1. The molecule has 12 heteroatoms. The molecule has 41 heavy (non-hydrogen) atoms. The number of nitrogens with one attached hydrogen (secondary N) is 1. The van der Waals surface area contributed by atoms with Gasteiger partial charge < -0.3 is 14.2 Å². The average molecular weight is 569 g/mol. The molecule has 4 aromatic rings. The maximum Gasteiger partial charge on any atom is 0.416 e. The Bertz CT molecular complexity index is 1630. The third-order valence-corrected chi connectivity index (χ3v) is 7.23. The van der Waals surface area contributed by atoms with Gasteiger partial charge in [-0.05, 0) is 44.4 Å². The van der Waals surface area contributed by atoms with Crippen molar-refractivity contribution in [3.05, 3.63) is 64.9 Å². The van der Waals surface area contributed by atoms with Crippen LogP contribution >= 0.6 is 0 Å². The van der Waals surface area contributed by atoms with E-state index in [-0.39, 0.29) is 36.5 Å². The van der Waals surface area contributed by atoms with Crippen LogP contribution in [0.4, 0.5) is 13.2 Å². The molecular formula is C29H31F3N6O3. The number of piperazine rings is 1. The van der Waals surface area contributed by atoms with Gasteiger partial charge in [-0.3, -0.25) is 14.7 Å². The van der Waals surface area contributed by atoms with E-state index in [2.05, 4.69) is 20.2 Å². The van der Waals surface area contributed by atoms with E-state index in [1.807, 2.05) is 34.6 Å². The minimum Gasteiger partial charge on any atom is -0.449 e. The molecule has 4 heterocycles. The van der Waals surface area contributed by atoms with Crippen LogP contribution in [0.3, 0.4) is 0 Å². The van der Waals surface area contributed by atoms with Gasteiger partial charge in [-0.25, -0.2) is 9.97 Å². The zero-order valence-corrected chi connectivity index (χ0v) is 23.7. The first-order valence-corrected chi connectivity index (χ1v) is 13.2. The molecule has 9 nitrogen and oxygen atoms in total. The molecule has 0 radical (unpaired) electrons. The quantitative estimate of drug-likeness (QED) is 0.344. The Hall–Kier alpha value is -4.22. The molecule has 2 amide bonds. The number of rotatable bonds is 3. The second-order valence-corrected chi connectivity index (χ2v) is 11.9. The number of pyridine rings is 1. The summed E-state index contributed by atoms with van der Waals surface area (Å²) in [6.45, 7) is 12.3. The zero-order chi connectivity index (χ0) is 29.9. The number of nitrogens with zero attached hydrogens (tertiary/aromatic N) is 5. The summed E-state index contributed by atoms with van der Waals surface area (Å²) in [6.07, 6.45) is -4.44. The minimum atomic E-state index is -4.44. The first-order chi connectivity index (χ1) is 19.0. The maximum atomic E-state index is 13.7. The molecule has 1 N–H and O–H groups in total. The average Bonchev–Trinajstić information content (AvgIpc) is 3.52. The Morgan fingerprint density at radius 3 is 2.24 bits per heavy atom. The smallest absolute Gasteiger partial charge is 0.416 e. The largest absolute Gasteiger partial charge is 0.449 e. The van der Waals surface area contributed by atoms with Crippen molar-refractivity contribution >= 4 is 22.9 Å². The number of benzene rings is 1. The highest BCUT2D eigenvalue weighted by Crippen LogP contribution is 2.36. The summed E-state index contributed by atoms with van der Waals surface area (Å²) in [7, 11) is 0. The summed E-state index contributed by atoms with van der Waals surface area (Å²) in [5, 5.41) is 6.63. The van der Waals surface area contributed by atoms with Crippen LogP contribution in [-0.4, -0.2) is 67.0 Å². The topological polar surface area (TPSA) is 108 Å². The summed E-state index contributed by atoms with van der Waals surface area (Å²) < 4.78 is 45.4. The normalized spacial score (nSPS) is 15.9. The molecule has 0 saturated carbocycles. The first kappa shape index (κ1) is 28.3. The van der Waals surface area contributed by atoms with E-state index >= 15 is 0 Å². The van der Waals surface area contributed by atoms with E-state index in [1.54, 1.807) is 28.9 Å². The number of fused-ring (bicyclic) bond motifs is 1. The summed E-state index contributed by atoms with van der Waals surface area (Å²) in [5.41, 5.74) is 0.770. The number of aromatic nitrogens is 4. The molecule has 5 rings (SSSR count). The highest BCUT2D eigenvalue weighted by atomic mass is 19.4. The van der Waals surface area contributed by atoms with Gasteiger partial charge >= 0.3 is 6.18 Å². The predicted molar refractivity (Wildman–Crippen MR) is 145 cm³/mol. The minimum absolute atomic E-state index is 0.0833. The molecule has 216 valence electrons. The number of H-pyrrole nitrogens is 1. The van der Waals surface area contributed by atoms with Crippen LogP contribution in [0.2, 0.25) is 0 Å². The fraction of sp³-hybridized carbons (Fsp3) is 0.414. The molecule has 3 aromatic heterocycles. The van der Waals surface area contributed by atoms with Crippen LogP contribution in [-0.2, 0) is 11.6 Å². The van der Waals surface area contributed by atoms with Crippen molar-refractivity contribution in [1.82, 2.24) is 30.0 Å². The fourth-order valence-corrected chi connectivity index (χ4v) is 5.08. The lowest BCUT2D eigenvalue weighted by Gasteiger charge is -2.46. The number of alkyl halides is 3. The molecule has 0 aliphatic carbocycles. The number of carbonyl (C=O) groups excluding carboxylic acids is 2. The van der Waals surface area contributed by atoms with Gasteiger partial charge in [-0.15, -0.1) is 5.10 Å². The van der Waals surface area contributed by atoms with Crippen LogP contribution in [0, 0.1) is 6.92 Å². The van der Waals surface area contributed by atoms with Gasteiger partial charge in [-0.1, -0.05) is 32.9 Å². The van der Waals surface area contributed by atoms with E-state index in [4.69, 9.17) is 4.42 Å². The standard InChI is InChI=1S/C29H31F3N6O3/c1-16-33-24(36-35-16)26(40)37-11-12-38(28(5,6)15-37)25(39)22-14-21-23(41-22)19(27(2,3)4)13-20(34-21)17-7-9-18(10-8-17)29(30,31)32/h7-10,13-14H,11-12,15H2,1-6H3,(H,33,35,36). The van der Waals surface area contributed by atoms with Crippen molar-refractivity contribution < 1.29 is 27.2 Å². The van der Waals surface area contributed by atoms with Crippen molar-refractivity contribution in [2.24, 2.45) is 0 Å². The number of carbonyl (C=O) groups is 2. The fourth-order valence-electron chi connectivity index (χ4n) is 5.08. The third-order valence-electron chi connectivity index (χ3n) is 7.23. The molecule has 1 saturated heterocycles. The van der Waals surface area contributed by atoms with Gasteiger partial charge in [0, 0.05) is 36.8 Å². The number of hydrogen-bond acceptors (Lipinski definition) is 6. The summed E-state index contributed by atoms with van der Waals surface area (Å²) in [6, 6.07) is 8.19. The van der Waals surface area contributed by atoms with Crippen molar-refractivity contribution in [1.29, 1.82) is 0 Å². The molecule has 0 atom stereocenters. The lowest BCUT2D eigenvalue weighted by atomic mass is 9.86. The summed E-state index contributed by atoms with van der Waals surface area (Å²) in [5.74, 6) is 0.0638. The number of hydrogen-bond donors (Lipinski definition) is 1. The van der Waals surface area contributed by atoms with Gasteiger partial charge in [0.2, 0.25) is 5.82 Å². The van der Waals surface area contributed by atoms with Gasteiger partial charge in [0.25, 0.3) is 11.8 Å². The van der Waals surface area contributed by atoms with E-state index in [9.17, 15) is 22.8 Å². The predicted octanol–water partition coefficient (Wildman–Crippen LogP) is 5.61. The SMILES string of the molecule is Cc1nc(C(=O)N2CCN(C(=O)c3cc4nc(-c5ccc(C(F)(F)F)cc5)cc(C(C)(C)C)c4o3)C(C)(C)C2)n[nH]1. The van der Waals surface area contributed by atoms with Gasteiger partial charge in [-0.2, -0.15) is 13.2 Å². The molecule has 1 aliphatic heterocycles. The Morgan fingerprint density at radius 1 is 1.00 bits per heavy atom. The summed E-state index contributed by atoms with van der Waals surface area (Å²) in [4.78, 5) is 38.7. The zero-order valence-electron chi connectivity index (χ0n) is 23.7. The molecule has 0 unspecified atom stereocenters. The number of amides is 2.